The van der Waals surface area contributed by atoms with Gasteiger partial charge in [-0.25, -0.2) is 0 Å². The first-order valence-corrected chi connectivity index (χ1v) is 25.5. The quantitative estimate of drug-likeness (QED) is 0.0347. The van der Waals surface area contributed by atoms with Crippen molar-refractivity contribution >= 4 is 11.9 Å². The van der Waals surface area contributed by atoms with E-state index in [4.69, 9.17) is 14.2 Å². The minimum absolute atomic E-state index is 0.0486. The number of esters is 2. The summed E-state index contributed by atoms with van der Waals surface area (Å²) < 4.78 is 17.3. The molecule has 0 heterocycles. The summed E-state index contributed by atoms with van der Waals surface area (Å²) in [5, 5.41) is 0. The van der Waals surface area contributed by atoms with E-state index < -0.39 is 6.10 Å². The minimum Gasteiger partial charge on any atom is -0.462 e. The molecule has 0 aromatic heterocycles. The summed E-state index contributed by atoms with van der Waals surface area (Å²) in [5.41, 5.74) is 0. The average molecular weight is 837 g/mol. The normalized spacial score (nSPS) is 12.8. The minimum atomic E-state index is -0.581. The van der Waals surface area contributed by atoms with Crippen LogP contribution in [-0.4, -0.2) is 37.9 Å². The fourth-order valence-corrected chi connectivity index (χ4v) is 6.92. The Bertz CT molecular complexity index is 1080. The molecule has 1 atom stereocenters. The molecule has 346 valence electrons. The third-order valence-corrected chi connectivity index (χ3v) is 10.7. The molecule has 60 heavy (non-hydrogen) atoms. The van der Waals surface area contributed by atoms with Gasteiger partial charge in [-0.3, -0.25) is 9.59 Å². The lowest BCUT2D eigenvalue weighted by atomic mass is 10.1. The second kappa shape index (κ2) is 50.7. The summed E-state index contributed by atoms with van der Waals surface area (Å²) >= 11 is 0. The van der Waals surface area contributed by atoms with Gasteiger partial charge in [0.2, 0.25) is 0 Å². The lowest BCUT2D eigenvalue weighted by Crippen LogP contribution is -2.30. The van der Waals surface area contributed by atoms with Crippen LogP contribution < -0.4 is 0 Å². The van der Waals surface area contributed by atoms with E-state index >= 15 is 0 Å². The van der Waals surface area contributed by atoms with Crippen molar-refractivity contribution in [3.8, 4) is 0 Å². The van der Waals surface area contributed by atoms with Crippen LogP contribution in [0.15, 0.2) is 72.9 Å². The molecule has 1 unspecified atom stereocenters. The van der Waals surface area contributed by atoms with Crippen LogP contribution in [0.4, 0.5) is 0 Å². The summed E-state index contributed by atoms with van der Waals surface area (Å²) in [7, 11) is 0. The number of carbonyl (C=O) groups excluding carboxylic acids is 2. The Morgan fingerprint density at radius 2 is 0.783 bits per heavy atom. The van der Waals surface area contributed by atoms with E-state index in [-0.39, 0.29) is 25.2 Å². The van der Waals surface area contributed by atoms with Crippen molar-refractivity contribution in [2.24, 2.45) is 0 Å². The molecule has 0 aliphatic carbocycles. The largest absolute Gasteiger partial charge is 0.462 e. The van der Waals surface area contributed by atoms with Crippen LogP contribution in [0, 0.1) is 0 Å². The van der Waals surface area contributed by atoms with Crippen LogP contribution in [0.1, 0.15) is 239 Å². The van der Waals surface area contributed by atoms with Crippen molar-refractivity contribution in [2.45, 2.75) is 245 Å². The molecule has 0 bridgehead atoms. The topological polar surface area (TPSA) is 61.8 Å². The maximum atomic E-state index is 12.7. The Morgan fingerprint density at radius 3 is 1.27 bits per heavy atom. The predicted molar refractivity (Wildman–Crippen MR) is 260 cm³/mol. The van der Waals surface area contributed by atoms with Gasteiger partial charge in [0.25, 0.3) is 0 Å². The fourth-order valence-electron chi connectivity index (χ4n) is 6.92. The molecule has 0 N–H and O–H groups in total. The number of hydrogen-bond acceptors (Lipinski definition) is 5. The lowest BCUT2D eigenvalue weighted by Gasteiger charge is -2.18. The molecule has 0 aromatic rings. The van der Waals surface area contributed by atoms with Crippen LogP contribution >= 0.6 is 0 Å². The Balaban J connectivity index is 4.36. The van der Waals surface area contributed by atoms with Crippen molar-refractivity contribution in [1.82, 2.24) is 0 Å². The summed E-state index contributed by atoms with van der Waals surface area (Å²) in [6.07, 6.45) is 64.9. The van der Waals surface area contributed by atoms with E-state index in [1.807, 2.05) is 6.08 Å². The van der Waals surface area contributed by atoms with Gasteiger partial charge in [0.15, 0.2) is 6.10 Å². The van der Waals surface area contributed by atoms with Crippen LogP contribution in [0.2, 0.25) is 0 Å². The van der Waals surface area contributed by atoms with Crippen LogP contribution in [0.5, 0.6) is 0 Å². The predicted octanol–water partition coefficient (Wildman–Crippen LogP) is 17.1. The van der Waals surface area contributed by atoms with E-state index in [1.165, 1.54) is 135 Å². The van der Waals surface area contributed by atoms with Crippen LogP contribution in [-0.2, 0) is 23.8 Å². The highest BCUT2D eigenvalue weighted by molar-refractivity contribution is 5.70. The van der Waals surface area contributed by atoms with E-state index in [0.717, 1.165) is 64.2 Å². The molecule has 0 radical (unpaired) electrons. The van der Waals surface area contributed by atoms with Gasteiger partial charge < -0.3 is 14.2 Å². The molecule has 0 aliphatic rings. The highest BCUT2D eigenvalue weighted by Gasteiger charge is 2.17. The van der Waals surface area contributed by atoms with Gasteiger partial charge in [-0.05, 0) is 96.3 Å². The second-order valence-corrected chi connectivity index (χ2v) is 16.7. The third kappa shape index (κ3) is 48.0. The first-order valence-electron chi connectivity index (χ1n) is 25.5. The highest BCUT2D eigenvalue weighted by Crippen LogP contribution is 2.13. The SMILES string of the molecule is CC/C=C\C/C=C\C/C=C\C/C=C\CCC(=O)OC(COCCCCCCCC/C=C\CCCCCCCC)COC(=O)CCCCCCC/C=C\CCCCCCCC. The molecule has 0 saturated heterocycles. The molecule has 0 aromatic carbocycles. The molecular formula is C55H96O5. The molecule has 0 amide bonds. The van der Waals surface area contributed by atoms with E-state index in [2.05, 4.69) is 87.6 Å². The number of allylic oxidation sites excluding steroid dienone is 12. The zero-order chi connectivity index (χ0) is 43.5. The third-order valence-electron chi connectivity index (χ3n) is 10.7. The Labute approximate surface area is 372 Å². The first kappa shape index (κ1) is 57.3. The Kier molecular flexibility index (Phi) is 48.4. The second-order valence-electron chi connectivity index (χ2n) is 16.7. The number of rotatable bonds is 46. The summed E-state index contributed by atoms with van der Waals surface area (Å²) in [6, 6.07) is 0. The zero-order valence-corrected chi connectivity index (χ0v) is 39.7. The summed E-state index contributed by atoms with van der Waals surface area (Å²) in [5.74, 6) is -0.501. The molecular weight excluding hydrogens is 741 g/mol. The van der Waals surface area contributed by atoms with Crippen molar-refractivity contribution in [3.63, 3.8) is 0 Å². The monoisotopic (exact) mass is 837 g/mol. The van der Waals surface area contributed by atoms with Crippen molar-refractivity contribution in [2.75, 3.05) is 19.8 Å². The van der Waals surface area contributed by atoms with Crippen molar-refractivity contribution < 1.29 is 23.8 Å². The Hall–Kier alpha value is -2.66. The van der Waals surface area contributed by atoms with Gasteiger partial charge in [0.1, 0.15) is 6.61 Å². The molecule has 0 fully saturated rings. The molecule has 0 rings (SSSR count). The number of hydrogen-bond donors (Lipinski definition) is 0. The maximum Gasteiger partial charge on any atom is 0.306 e. The van der Waals surface area contributed by atoms with Crippen LogP contribution in [0.25, 0.3) is 0 Å². The van der Waals surface area contributed by atoms with E-state index in [1.54, 1.807) is 0 Å². The van der Waals surface area contributed by atoms with Gasteiger partial charge in [0, 0.05) is 19.4 Å². The zero-order valence-electron chi connectivity index (χ0n) is 39.7. The molecule has 5 heteroatoms. The average Bonchev–Trinajstić information content (AvgIpc) is 3.25. The number of carbonyl (C=O) groups is 2. The molecule has 0 saturated carbocycles. The summed E-state index contributed by atoms with van der Waals surface area (Å²) in [4.78, 5) is 25.3. The van der Waals surface area contributed by atoms with Crippen LogP contribution in [0.3, 0.4) is 0 Å². The van der Waals surface area contributed by atoms with Gasteiger partial charge in [-0.2, -0.15) is 0 Å². The van der Waals surface area contributed by atoms with Gasteiger partial charge >= 0.3 is 11.9 Å². The molecule has 5 nitrogen and oxygen atoms in total. The van der Waals surface area contributed by atoms with E-state index in [0.29, 0.717) is 25.9 Å². The highest BCUT2D eigenvalue weighted by atomic mass is 16.6. The maximum absolute atomic E-state index is 12.7. The molecule has 0 spiro atoms. The number of unbranched alkanes of at least 4 members (excludes halogenated alkanes) is 23. The first-order chi connectivity index (χ1) is 29.6. The van der Waals surface area contributed by atoms with Crippen molar-refractivity contribution in [1.29, 1.82) is 0 Å². The van der Waals surface area contributed by atoms with Gasteiger partial charge in [0.05, 0.1) is 6.61 Å². The smallest absolute Gasteiger partial charge is 0.306 e. The van der Waals surface area contributed by atoms with Crippen molar-refractivity contribution in [3.05, 3.63) is 72.9 Å². The number of ether oxygens (including phenoxy) is 3. The fraction of sp³-hybridized carbons (Fsp3) is 0.745. The summed E-state index contributed by atoms with van der Waals surface area (Å²) in [6.45, 7) is 7.61. The Morgan fingerprint density at radius 1 is 0.383 bits per heavy atom. The van der Waals surface area contributed by atoms with Gasteiger partial charge in [-0.1, -0.05) is 203 Å². The van der Waals surface area contributed by atoms with E-state index in [9.17, 15) is 9.59 Å². The lowest BCUT2D eigenvalue weighted by molar-refractivity contribution is -0.162. The molecule has 0 aliphatic heterocycles. The van der Waals surface area contributed by atoms with Gasteiger partial charge in [-0.15, -0.1) is 0 Å². The standard InChI is InChI=1S/C55H96O5/c1-4-7-10-13-16-19-22-25-27-29-32-35-38-41-44-47-50-58-51-53(60-55(57)49-46-43-40-37-34-30-24-21-18-15-12-9-6-3)52-59-54(56)48-45-42-39-36-33-31-28-26-23-20-17-14-11-8-5-2/h9,12,18,21,25-28,30,34,40,43,53H,4-8,10-11,13-17,19-20,22-24,29,31-33,35-39,41-42,44-52H2,1-3H3/b12-9-,21-18-,27-25-,28-26-,34-30-,43-40-.